The van der Waals surface area contributed by atoms with Crippen molar-refractivity contribution in [1.29, 1.82) is 0 Å². The molecular weight excluding hydrogens is 395 g/mol. The Kier molecular flexibility index (Phi) is 5.83. The Hall–Kier alpha value is -3.16. The second-order valence-electron chi connectivity index (χ2n) is 7.24. The van der Waals surface area contributed by atoms with Crippen LogP contribution in [0.4, 0.5) is 13.2 Å². The quantitative estimate of drug-likeness (QED) is 0.453. The third-order valence-corrected chi connectivity index (χ3v) is 4.97. The van der Waals surface area contributed by atoms with Gasteiger partial charge < -0.3 is 19.4 Å². The van der Waals surface area contributed by atoms with Crippen LogP contribution in [0, 0.1) is 0 Å². The molecule has 0 unspecified atom stereocenters. The van der Waals surface area contributed by atoms with E-state index in [0.29, 0.717) is 23.2 Å². The normalized spacial score (nSPS) is 15.6. The molecule has 2 heterocycles. The number of hydrogen-bond donors (Lipinski definition) is 2. The number of aromatic amines is 2. The van der Waals surface area contributed by atoms with Crippen LogP contribution >= 0.6 is 0 Å². The van der Waals surface area contributed by atoms with Gasteiger partial charge in [-0.05, 0) is 49.2 Å². The molecule has 0 bridgehead atoms. The van der Waals surface area contributed by atoms with Gasteiger partial charge in [0, 0.05) is 18.5 Å². The molecule has 2 aromatic heterocycles. The van der Waals surface area contributed by atoms with Crippen LogP contribution < -0.4 is 9.47 Å². The first-order valence-electron chi connectivity index (χ1n) is 9.90. The average Bonchev–Trinajstić information content (AvgIpc) is 3.38. The van der Waals surface area contributed by atoms with Gasteiger partial charge >= 0.3 is 6.36 Å². The molecule has 1 aliphatic carbocycles. The van der Waals surface area contributed by atoms with Crippen LogP contribution in [0.5, 0.6) is 17.2 Å². The van der Waals surface area contributed by atoms with Crippen LogP contribution in [-0.2, 0) is 0 Å². The van der Waals surface area contributed by atoms with Gasteiger partial charge in [-0.2, -0.15) is 0 Å². The molecule has 1 saturated carbocycles. The molecule has 1 aromatic carbocycles. The van der Waals surface area contributed by atoms with Crippen molar-refractivity contribution in [3.05, 3.63) is 54.4 Å². The highest BCUT2D eigenvalue weighted by Crippen LogP contribution is 2.32. The molecule has 1 aliphatic rings. The molecule has 2 N–H and O–H groups in total. The van der Waals surface area contributed by atoms with E-state index in [4.69, 9.17) is 9.73 Å². The molecule has 158 valence electrons. The maximum atomic E-state index is 12.3. The summed E-state index contributed by atoms with van der Waals surface area (Å²) in [5.74, 6) is 0.646. The number of aliphatic imine (C=N–C) groups is 1. The predicted molar refractivity (Wildman–Crippen MR) is 108 cm³/mol. The van der Waals surface area contributed by atoms with Crippen molar-refractivity contribution in [2.75, 3.05) is 0 Å². The zero-order valence-corrected chi connectivity index (χ0v) is 16.2. The Labute approximate surface area is 171 Å². The third-order valence-electron chi connectivity index (χ3n) is 4.97. The lowest BCUT2D eigenvalue weighted by atomic mass is 9.96. The lowest BCUT2D eigenvalue weighted by Gasteiger charge is -2.17. The van der Waals surface area contributed by atoms with E-state index in [9.17, 15) is 13.2 Å². The Morgan fingerprint density at radius 2 is 1.70 bits per heavy atom. The van der Waals surface area contributed by atoms with Gasteiger partial charge in [0.05, 0.1) is 17.4 Å². The molecule has 0 saturated heterocycles. The first-order valence-corrected chi connectivity index (χ1v) is 9.90. The summed E-state index contributed by atoms with van der Waals surface area (Å²) in [6.07, 6.45) is 4.69. The Balaban J connectivity index is 1.55. The van der Waals surface area contributed by atoms with E-state index < -0.39 is 6.36 Å². The molecule has 1 fully saturated rings. The van der Waals surface area contributed by atoms with E-state index in [-0.39, 0.29) is 5.75 Å². The number of nitrogens with one attached hydrogen (secondary N) is 2. The van der Waals surface area contributed by atoms with Crippen molar-refractivity contribution in [2.24, 2.45) is 4.99 Å². The third kappa shape index (κ3) is 5.25. The number of benzene rings is 1. The highest BCUT2D eigenvalue weighted by Gasteiger charge is 2.31. The monoisotopic (exact) mass is 417 g/mol. The van der Waals surface area contributed by atoms with E-state index >= 15 is 0 Å². The molecule has 8 heteroatoms. The molecule has 5 nitrogen and oxygen atoms in total. The van der Waals surface area contributed by atoms with Gasteiger partial charge in [0.1, 0.15) is 17.2 Å². The van der Waals surface area contributed by atoms with Gasteiger partial charge in [0.2, 0.25) is 0 Å². The first kappa shape index (κ1) is 20.1. The van der Waals surface area contributed by atoms with Crippen molar-refractivity contribution in [2.45, 2.75) is 44.5 Å². The molecular formula is C22H22F3N3O2. The minimum absolute atomic E-state index is 0.296. The predicted octanol–water partition coefficient (Wildman–Crippen LogP) is 6.45. The fourth-order valence-electron chi connectivity index (χ4n) is 3.52. The second-order valence-corrected chi connectivity index (χ2v) is 7.24. The van der Waals surface area contributed by atoms with Gasteiger partial charge in [-0.3, -0.25) is 4.99 Å². The van der Waals surface area contributed by atoms with Gasteiger partial charge in [0.25, 0.3) is 0 Å². The lowest BCUT2D eigenvalue weighted by molar-refractivity contribution is -0.274. The average molecular weight is 417 g/mol. The van der Waals surface area contributed by atoms with Crippen LogP contribution in [0.2, 0.25) is 0 Å². The van der Waals surface area contributed by atoms with Crippen molar-refractivity contribution >= 4 is 6.21 Å². The van der Waals surface area contributed by atoms with Gasteiger partial charge in [-0.25, -0.2) is 0 Å². The number of hydrogen-bond acceptors (Lipinski definition) is 3. The number of nitrogens with zero attached hydrogens (tertiary/aromatic N) is 1. The van der Waals surface area contributed by atoms with E-state index in [1.54, 1.807) is 6.21 Å². The van der Waals surface area contributed by atoms with E-state index in [1.165, 1.54) is 43.5 Å². The molecule has 4 rings (SSSR count). The zero-order chi connectivity index (χ0) is 21.0. The van der Waals surface area contributed by atoms with E-state index in [2.05, 4.69) is 14.7 Å². The molecule has 3 aromatic rings. The van der Waals surface area contributed by atoms with E-state index in [1.807, 2.05) is 24.4 Å². The summed E-state index contributed by atoms with van der Waals surface area (Å²) in [6.45, 7) is 0. The molecule has 0 radical (unpaired) electrons. The smallest absolute Gasteiger partial charge is 0.455 e. The fourth-order valence-corrected chi connectivity index (χ4v) is 3.52. The Morgan fingerprint density at radius 3 is 2.37 bits per heavy atom. The number of halogens is 3. The highest BCUT2D eigenvalue weighted by atomic mass is 19.4. The van der Waals surface area contributed by atoms with Crippen LogP contribution in [0.3, 0.4) is 0 Å². The van der Waals surface area contributed by atoms with Gasteiger partial charge in [0.15, 0.2) is 5.75 Å². The molecule has 0 atom stereocenters. The van der Waals surface area contributed by atoms with Crippen LogP contribution in [0.25, 0.3) is 11.4 Å². The second kappa shape index (κ2) is 8.69. The molecule has 0 spiro atoms. The maximum absolute atomic E-state index is 12.3. The first-order chi connectivity index (χ1) is 14.5. The summed E-state index contributed by atoms with van der Waals surface area (Å²) >= 11 is 0. The summed E-state index contributed by atoms with van der Waals surface area (Å²) in [7, 11) is 0. The van der Waals surface area contributed by atoms with Crippen molar-refractivity contribution in [1.82, 2.24) is 9.97 Å². The summed E-state index contributed by atoms with van der Waals surface area (Å²) in [5.41, 5.74) is 2.43. The maximum Gasteiger partial charge on any atom is 0.573 e. The summed E-state index contributed by atoms with van der Waals surface area (Å²) in [6, 6.07) is 11.3. The largest absolute Gasteiger partial charge is 0.573 e. The number of alkyl halides is 3. The molecule has 0 amide bonds. The fraction of sp³-hybridized carbons (Fsp3) is 0.318. The van der Waals surface area contributed by atoms with Crippen molar-refractivity contribution < 1.29 is 22.6 Å². The lowest BCUT2D eigenvalue weighted by Crippen LogP contribution is -2.16. The van der Waals surface area contributed by atoms with Gasteiger partial charge in [-0.15, -0.1) is 13.2 Å². The van der Waals surface area contributed by atoms with Crippen molar-refractivity contribution in [3.63, 3.8) is 0 Å². The molecule has 30 heavy (non-hydrogen) atoms. The number of rotatable bonds is 6. The Bertz CT molecular complexity index is 970. The van der Waals surface area contributed by atoms with Crippen LogP contribution in [-0.4, -0.2) is 28.6 Å². The van der Waals surface area contributed by atoms with Crippen LogP contribution in [0.15, 0.2) is 53.7 Å². The van der Waals surface area contributed by atoms with Crippen LogP contribution in [0.1, 0.15) is 37.8 Å². The number of H-pyrrole nitrogens is 2. The van der Waals surface area contributed by atoms with E-state index in [0.717, 1.165) is 24.2 Å². The van der Waals surface area contributed by atoms with Crippen molar-refractivity contribution in [3.8, 4) is 28.6 Å². The van der Waals surface area contributed by atoms with Gasteiger partial charge in [-0.1, -0.05) is 19.3 Å². The standard InChI is InChI=1S/C22H22F3N3O2/c23-22(24,25)30-17-10-8-16(9-11-17)29-21-13-19(18-7-4-12-26-18)28-20(21)14-27-15-5-2-1-3-6-15/h4,7-15,26,28H,1-3,5-6H2. The number of aromatic nitrogens is 2. The summed E-state index contributed by atoms with van der Waals surface area (Å²) in [5, 5.41) is 0. The SMILES string of the molecule is FC(F)(F)Oc1ccc(Oc2cc(-c3ccc[nH]3)[nH]c2C=NC2CCCCC2)cc1. The Morgan fingerprint density at radius 1 is 0.967 bits per heavy atom. The number of ether oxygens (including phenoxy) is 2. The summed E-state index contributed by atoms with van der Waals surface area (Å²) < 4.78 is 46.9. The summed E-state index contributed by atoms with van der Waals surface area (Å²) in [4.78, 5) is 11.2. The zero-order valence-electron chi connectivity index (χ0n) is 16.2. The minimum atomic E-state index is -4.73. The highest BCUT2D eigenvalue weighted by molar-refractivity contribution is 5.84. The minimum Gasteiger partial charge on any atom is -0.455 e. The topological polar surface area (TPSA) is 62.4 Å². The molecule has 0 aliphatic heterocycles.